The minimum atomic E-state index is -0.579. The third kappa shape index (κ3) is 1.84. The number of H-pyrrole nitrogens is 1. The monoisotopic (exact) mass is 209 g/mol. The summed E-state index contributed by atoms with van der Waals surface area (Å²) in [4.78, 5) is 24.3. The highest BCUT2D eigenvalue weighted by atomic mass is 16.3. The quantitative estimate of drug-likeness (QED) is 0.579. The number of anilines is 1. The average Bonchev–Trinajstić information content (AvgIpc) is 2.93. The van der Waals surface area contributed by atoms with E-state index in [2.05, 4.69) is 4.98 Å². The number of aromatic nitrogens is 2. The van der Waals surface area contributed by atoms with Crippen molar-refractivity contribution in [2.75, 3.05) is 12.3 Å². The number of hydrogen-bond donors (Lipinski definition) is 3. The Labute approximate surface area is 84.7 Å². The van der Waals surface area contributed by atoms with Gasteiger partial charge in [-0.25, -0.2) is 4.79 Å². The van der Waals surface area contributed by atoms with Gasteiger partial charge in [0, 0.05) is 24.9 Å². The summed E-state index contributed by atoms with van der Waals surface area (Å²) in [5.41, 5.74) is 5.24. The molecule has 0 spiro atoms. The van der Waals surface area contributed by atoms with Crippen LogP contribution in [0.25, 0.3) is 6.20 Å². The Bertz CT molecular complexity index is 526. The van der Waals surface area contributed by atoms with Crippen LogP contribution in [-0.2, 0) is 0 Å². The molecular weight excluding hydrogens is 198 g/mol. The SMILES string of the molecule is Nc1cn(/C=C2/C[C@H]2CO)c(=O)[nH]c1=O. The van der Waals surface area contributed by atoms with Crippen LogP contribution in [0.15, 0.2) is 21.4 Å². The molecule has 0 unspecified atom stereocenters. The highest BCUT2D eigenvalue weighted by molar-refractivity contribution is 5.43. The molecule has 6 nitrogen and oxygen atoms in total. The molecule has 0 bridgehead atoms. The molecule has 80 valence electrons. The lowest BCUT2D eigenvalue weighted by molar-refractivity contribution is 0.281. The number of aromatic amines is 1. The van der Waals surface area contributed by atoms with Crippen molar-refractivity contribution in [2.24, 2.45) is 5.92 Å². The highest BCUT2D eigenvalue weighted by Crippen LogP contribution is 2.37. The summed E-state index contributed by atoms with van der Waals surface area (Å²) in [5.74, 6) is 0.144. The molecule has 1 atom stereocenters. The van der Waals surface area contributed by atoms with Crippen LogP contribution >= 0.6 is 0 Å². The summed E-state index contributed by atoms with van der Waals surface area (Å²) < 4.78 is 1.22. The number of hydrogen-bond acceptors (Lipinski definition) is 4. The fourth-order valence-electron chi connectivity index (χ4n) is 1.34. The minimum Gasteiger partial charge on any atom is -0.396 e. The van der Waals surface area contributed by atoms with E-state index in [1.807, 2.05) is 0 Å². The maximum Gasteiger partial charge on any atom is 0.332 e. The zero-order valence-electron chi connectivity index (χ0n) is 7.93. The van der Waals surface area contributed by atoms with E-state index in [1.165, 1.54) is 10.8 Å². The van der Waals surface area contributed by atoms with Gasteiger partial charge in [-0.3, -0.25) is 14.3 Å². The number of aliphatic hydroxyl groups is 1. The van der Waals surface area contributed by atoms with Gasteiger partial charge in [-0.2, -0.15) is 0 Å². The lowest BCUT2D eigenvalue weighted by Crippen LogP contribution is -2.28. The first-order valence-electron chi connectivity index (χ1n) is 4.54. The summed E-state index contributed by atoms with van der Waals surface area (Å²) in [7, 11) is 0. The van der Waals surface area contributed by atoms with Crippen molar-refractivity contribution in [1.29, 1.82) is 0 Å². The Balaban J connectivity index is 2.39. The van der Waals surface area contributed by atoms with Crippen molar-refractivity contribution in [3.8, 4) is 0 Å². The second-order valence-electron chi connectivity index (χ2n) is 3.54. The van der Waals surface area contributed by atoms with Gasteiger partial charge in [-0.15, -0.1) is 0 Å². The predicted octanol–water partition coefficient (Wildman–Crippen LogP) is -1.03. The van der Waals surface area contributed by atoms with Crippen molar-refractivity contribution in [2.45, 2.75) is 6.42 Å². The molecule has 0 saturated heterocycles. The Morgan fingerprint density at radius 2 is 2.40 bits per heavy atom. The van der Waals surface area contributed by atoms with E-state index in [0.717, 1.165) is 12.0 Å². The highest BCUT2D eigenvalue weighted by Gasteiger charge is 2.28. The molecule has 0 amide bonds. The number of nitrogen functional groups attached to an aromatic ring is 1. The lowest BCUT2D eigenvalue weighted by atomic mass is 10.4. The fourth-order valence-corrected chi connectivity index (χ4v) is 1.34. The Kier molecular flexibility index (Phi) is 2.20. The summed E-state index contributed by atoms with van der Waals surface area (Å²) in [6.07, 6.45) is 3.65. The maximum atomic E-state index is 11.3. The number of aliphatic hydroxyl groups excluding tert-OH is 1. The standard InChI is InChI=1S/C9H11N3O3/c10-7-3-12(9(15)11-8(7)14)2-5-1-6(5)4-13/h2-3,6,13H,1,4,10H2,(H,11,14,15)/b5-2-/t6-/m0/s1. The third-order valence-corrected chi connectivity index (χ3v) is 2.37. The van der Waals surface area contributed by atoms with Gasteiger partial charge < -0.3 is 10.8 Å². The van der Waals surface area contributed by atoms with Gasteiger partial charge >= 0.3 is 5.69 Å². The van der Waals surface area contributed by atoms with Gasteiger partial charge in [-0.05, 0) is 12.0 Å². The number of nitrogens with zero attached hydrogens (tertiary/aromatic N) is 1. The molecule has 0 aliphatic heterocycles. The van der Waals surface area contributed by atoms with Crippen LogP contribution in [0.3, 0.4) is 0 Å². The zero-order valence-corrected chi connectivity index (χ0v) is 7.93. The Morgan fingerprint density at radius 1 is 1.67 bits per heavy atom. The number of rotatable bonds is 2. The van der Waals surface area contributed by atoms with Gasteiger partial charge in [0.2, 0.25) is 0 Å². The summed E-state index contributed by atoms with van der Waals surface area (Å²) in [6.45, 7) is 0.0828. The van der Waals surface area contributed by atoms with Crippen LogP contribution in [0.4, 0.5) is 5.69 Å². The molecule has 1 aromatic rings. The molecule has 15 heavy (non-hydrogen) atoms. The maximum absolute atomic E-state index is 11.3. The molecule has 0 aromatic carbocycles. The van der Waals surface area contributed by atoms with Crippen molar-refractivity contribution in [1.82, 2.24) is 9.55 Å². The van der Waals surface area contributed by atoms with Crippen LogP contribution in [0.5, 0.6) is 0 Å². The smallest absolute Gasteiger partial charge is 0.332 e. The van der Waals surface area contributed by atoms with Gasteiger partial charge in [0.25, 0.3) is 5.56 Å². The molecule has 0 radical (unpaired) electrons. The molecular formula is C9H11N3O3. The van der Waals surface area contributed by atoms with E-state index in [-0.39, 0.29) is 18.2 Å². The minimum absolute atomic E-state index is 0.00681. The van der Waals surface area contributed by atoms with Crippen LogP contribution in [0, 0.1) is 5.92 Å². The predicted molar refractivity (Wildman–Crippen MR) is 55.2 cm³/mol. The second kappa shape index (κ2) is 3.39. The normalized spacial score (nSPS) is 21.9. The molecule has 1 fully saturated rings. The average molecular weight is 209 g/mol. The molecule has 4 N–H and O–H groups in total. The first-order valence-corrected chi connectivity index (χ1v) is 4.54. The van der Waals surface area contributed by atoms with E-state index in [9.17, 15) is 9.59 Å². The third-order valence-electron chi connectivity index (χ3n) is 2.37. The van der Waals surface area contributed by atoms with Crippen molar-refractivity contribution in [3.63, 3.8) is 0 Å². The van der Waals surface area contributed by atoms with Crippen molar-refractivity contribution in [3.05, 3.63) is 32.6 Å². The lowest BCUT2D eigenvalue weighted by Gasteiger charge is -1.97. The Hall–Kier alpha value is -1.82. The van der Waals surface area contributed by atoms with Gasteiger partial charge in [0.05, 0.1) is 0 Å². The Morgan fingerprint density at radius 3 is 3.00 bits per heavy atom. The number of nitrogens with two attached hydrogens (primary N) is 1. The van der Waals surface area contributed by atoms with E-state index < -0.39 is 11.2 Å². The van der Waals surface area contributed by atoms with E-state index in [0.29, 0.717) is 0 Å². The van der Waals surface area contributed by atoms with Gasteiger partial charge in [-0.1, -0.05) is 0 Å². The second-order valence-corrected chi connectivity index (χ2v) is 3.54. The van der Waals surface area contributed by atoms with Gasteiger partial charge in [0.15, 0.2) is 0 Å². The van der Waals surface area contributed by atoms with Gasteiger partial charge in [0.1, 0.15) is 5.69 Å². The van der Waals surface area contributed by atoms with Crippen LogP contribution in [0.1, 0.15) is 6.42 Å². The summed E-state index contributed by atoms with van der Waals surface area (Å²) in [5, 5.41) is 8.81. The van der Waals surface area contributed by atoms with E-state index >= 15 is 0 Å². The summed E-state index contributed by atoms with van der Waals surface area (Å²) >= 11 is 0. The van der Waals surface area contributed by atoms with E-state index in [4.69, 9.17) is 10.8 Å². The van der Waals surface area contributed by atoms with Crippen LogP contribution < -0.4 is 17.0 Å². The molecule has 1 aliphatic carbocycles. The molecule has 2 rings (SSSR count). The largest absolute Gasteiger partial charge is 0.396 e. The first-order chi connectivity index (χ1) is 7.11. The van der Waals surface area contributed by atoms with Crippen molar-refractivity contribution < 1.29 is 5.11 Å². The van der Waals surface area contributed by atoms with E-state index in [1.54, 1.807) is 6.20 Å². The molecule has 1 saturated carbocycles. The fraction of sp³-hybridized carbons (Fsp3) is 0.333. The number of nitrogens with one attached hydrogen (secondary N) is 1. The van der Waals surface area contributed by atoms with Crippen molar-refractivity contribution >= 4 is 11.9 Å². The molecule has 1 aliphatic rings. The van der Waals surface area contributed by atoms with Crippen LogP contribution in [0.2, 0.25) is 0 Å². The molecule has 1 aromatic heterocycles. The topological polar surface area (TPSA) is 101 Å². The molecule has 1 heterocycles. The first kappa shape index (κ1) is 9.72. The van der Waals surface area contributed by atoms with Crippen LogP contribution in [-0.4, -0.2) is 21.3 Å². The summed E-state index contributed by atoms with van der Waals surface area (Å²) in [6, 6.07) is 0. The zero-order chi connectivity index (χ0) is 11.0. The molecule has 6 heteroatoms.